The Morgan fingerprint density at radius 3 is 2.82 bits per heavy atom. The summed E-state index contributed by atoms with van der Waals surface area (Å²) in [6, 6.07) is 8.16. The van der Waals surface area contributed by atoms with Gasteiger partial charge in [-0.15, -0.1) is 11.3 Å². The molecule has 1 atom stereocenters. The zero-order valence-corrected chi connectivity index (χ0v) is 18.8. The molecule has 1 aliphatic carbocycles. The van der Waals surface area contributed by atoms with Gasteiger partial charge in [-0.1, -0.05) is 36.4 Å². The third kappa shape index (κ3) is 3.24. The monoisotopic (exact) mass is 451 g/mol. The summed E-state index contributed by atoms with van der Waals surface area (Å²) < 4.78 is 0. The third-order valence-corrected chi connectivity index (χ3v) is 7.16. The largest absolute Gasteiger partial charge is 0.336 e. The van der Waals surface area contributed by atoms with Gasteiger partial charge in [0.15, 0.2) is 10.8 Å². The Kier molecular flexibility index (Phi) is 4.58. The van der Waals surface area contributed by atoms with Gasteiger partial charge in [-0.2, -0.15) is 0 Å². The maximum Gasteiger partial charge on any atom is 0.237 e. The van der Waals surface area contributed by atoms with E-state index in [1.54, 1.807) is 17.5 Å². The molecule has 1 unspecified atom stereocenters. The number of aromatic nitrogens is 4. The van der Waals surface area contributed by atoms with Gasteiger partial charge in [-0.3, -0.25) is 4.79 Å². The lowest BCUT2D eigenvalue weighted by atomic mass is 9.79. The highest BCUT2D eigenvalue weighted by molar-refractivity contribution is 7.13. The van der Waals surface area contributed by atoms with Crippen molar-refractivity contribution in [3.8, 4) is 10.8 Å². The van der Waals surface area contributed by atoms with Crippen LogP contribution in [0.4, 0.5) is 5.82 Å². The normalized spacial score (nSPS) is 16.6. The molecular weight excluding hydrogens is 430 g/mol. The Morgan fingerprint density at radius 2 is 1.94 bits per heavy atom. The number of pyridine rings is 1. The molecule has 0 radical (unpaired) electrons. The number of hydrogen-bond acceptors (Lipinski definition) is 5. The zero-order valence-electron chi connectivity index (χ0n) is 18.0. The molecule has 1 aliphatic heterocycles. The van der Waals surface area contributed by atoms with Gasteiger partial charge < -0.3 is 10.3 Å². The highest BCUT2D eigenvalue weighted by Crippen LogP contribution is 2.47. The summed E-state index contributed by atoms with van der Waals surface area (Å²) in [6.45, 7) is 1.99. The number of H-pyrrole nitrogens is 1. The molecule has 4 heterocycles. The highest BCUT2D eigenvalue weighted by atomic mass is 32.1. The van der Waals surface area contributed by atoms with E-state index in [1.807, 2.05) is 60.9 Å². The number of carbonyl (C=O) groups excluding carboxylic acids is 1. The van der Waals surface area contributed by atoms with E-state index in [4.69, 9.17) is 9.97 Å². The van der Waals surface area contributed by atoms with E-state index >= 15 is 0 Å². The molecule has 2 N–H and O–H groups in total. The van der Waals surface area contributed by atoms with Crippen molar-refractivity contribution in [2.24, 2.45) is 0 Å². The summed E-state index contributed by atoms with van der Waals surface area (Å²) in [4.78, 5) is 30.2. The van der Waals surface area contributed by atoms with Crippen LogP contribution in [0.2, 0.25) is 0 Å². The summed E-state index contributed by atoms with van der Waals surface area (Å²) in [5.74, 6) is 1.49. The SMILES string of the molecule is C\C=C/C=C\C=C\c1csc(-c2nc3cc4c(cc3[nH]2)CC2(C4)C(=O)Nc3ncccc32)n1. The van der Waals surface area contributed by atoms with E-state index in [0.717, 1.165) is 33.1 Å². The Morgan fingerprint density at radius 1 is 1.09 bits per heavy atom. The molecule has 4 aromatic rings. The van der Waals surface area contributed by atoms with Crippen LogP contribution in [0, 0.1) is 0 Å². The fourth-order valence-electron chi connectivity index (χ4n) is 4.74. The Balaban J connectivity index is 1.29. The molecule has 1 amide bonds. The number of amides is 1. The first-order valence-corrected chi connectivity index (χ1v) is 11.7. The molecule has 2 aliphatic rings. The minimum Gasteiger partial charge on any atom is -0.336 e. The van der Waals surface area contributed by atoms with Gasteiger partial charge in [-0.25, -0.2) is 15.0 Å². The molecule has 1 spiro atoms. The van der Waals surface area contributed by atoms with E-state index in [1.165, 1.54) is 11.1 Å². The second-order valence-electron chi connectivity index (χ2n) is 8.36. The van der Waals surface area contributed by atoms with Gasteiger partial charge in [-0.05, 0) is 55.2 Å². The lowest BCUT2D eigenvalue weighted by Gasteiger charge is -2.20. The first-order chi connectivity index (χ1) is 16.2. The fraction of sp³-hybridized carbons (Fsp3) is 0.154. The third-order valence-electron chi connectivity index (χ3n) is 6.29. The lowest BCUT2D eigenvalue weighted by Crippen LogP contribution is -2.35. The zero-order chi connectivity index (χ0) is 22.4. The van der Waals surface area contributed by atoms with Gasteiger partial charge in [0.2, 0.25) is 5.91 Å². The number of aromatic amines is 1. The van der Waals surface area contributed by atoms with Crippen molar-refractivity contribution < 1.29 is 4.79 Å². The van der Waals surface area contributed by atoms with Crippen LogP contribution in [0.3, 0.4) is 0 Å². The van der Waals surface area contributed by atoms with Crippen molar-refractivity contribution in [2.45, 2.75) is 25.2 Å². The van der Waals surface area contributed by atoms with Crippen LogP contribution < -0.4 is 5.32 Å². The van der Waals surface area contributed by atoms with Crippen molar-refractivity contribution in [3.63, 3.8) is 0 Å². The number of nitrogens with one attached hydrogen (secondary N) is 2. The van der Waals surface area contributed by atoms with Crippen LogP contribution in [0.1, 0.15) is 29.3 Å². The number of carbonyl (C=O) groups is 1. The van der Waals surface area contributed by atoms with E-state index < -0.39 is 5.41 Å². The van der Waals surface area contributed by atoms with Crippen molar-refractivity contribution in [1.29, 1.82) is 0 Å². The number of hydrogen-bond donors (Lipinski definition) is 2. The molecule has 6 nitrogen and oxygen atoms in total. The topological polar surface area (TPSA) is 83.6 Å². The smallest absolute Gasteiger partial charge is 0.237 e. The van der Waals surface area contributed by atoms with Crippen LogP contribution in [0.15, 0.2) is 66.2 Å². The number of thiazole rings is 1. The number of fused-ring (bicyclic) bond motifs is 4. The molecule has 1 aromatic carbocycles. The van der Waals surface area contributed by atoms with Crippen LogP contribution in [0.5, 0.6) is 0 Å². The van der Waals surface area contributed by atoms with Crippen molar-refractivity contribution >= 4 is 40.2 Å². The predicted octanol–water partition coefficient (Wildman–Crippen LogP) is 5.22. The molecule has 162 valence electrons. The number of imidazole rings is 1. The summed E-state index contributed by atoms with van der Waals surface area (Å²) >= 11 is 1.57. The quantitative estimate of drug-likeness (QED) is 0.417. The maximum atomic E-state index is 12.9. The second kappa shape index (κ2) is 7.64. The molecule has 33 heavy (non-hydrogen) atoms. The minimum atomic E-state index is -0.564. The van der Waals surface area contributed by atoms with E-state index in [2.05, 4.69) is 27.4 Å². The second-order valence-corrected chi connectivity index (χ2v) is 9.22. The van der Waals surface area contributed by atoms with Gasteiger partial charge in [0.25, 0.3) is 0 Å². The Labute approximate surface area is 194 Å². The van der Waals surface area contributed by atoms with Crippen LogP contribution >= 0.6 is 11.3 Å². The minimum absolute atomic E-state index is 0.0358. The molecule has 0 bridgehead atoms. The number of allylic oxidation sites excluding steroid dienone is 5. The molecule has 3 aromatic heterocycles. The van der Waals surface area contributed by atoms with Crippen LogP contribution in [-0.2, 0) is 23.1 Å². The van der Waals surface area contributed by atoms with Gasteiger partial charge >= 0.3 is 0 Å². The van der Waals surface area contributed by atoms with Crippen LogP contribution in [0.25, 0.3) is 27.9 Å². The van der Waals surface area contributed by atoms with Gasteiger partial charge in [0.05, 0.1) is 22.1 Å². The van der Waals surface area contributed by atoms with E-state index in [0.29, 0.717) is 18.7 Å². The number of rotatable bonds is 4. The fourth-order valence-corrected chi connectivity index (χ4v) is 5.47. The Bertz CT molecular complexity index is 1450. The van der Waals surface area contributed by atoms with E-state index in [9.17, 15) is 4.79 Å². The lowest BCUT2D eigenvalue weighted by molar-refractivity contribution is -0.120. The molecule has 0 saturated heterocycles. The summed E-state index contributed by atoms with van der Waals surface area (Å²) in [6.07, 6.45) is 14.9. The number of benzene rings is 1. The Hall–Kier alpha value is -3.84. The standard InChI is InChI=1S/C26H21N5OS/c1-2-3-4-5-6-8-18-15-33-24(28-18)23-29-20-11-16-13-26(14-17(16)12-21(20)30-23)19-9-7-10-27-22(19)31-25(26)32/h2-12,15H,13-14H2,1H3,(H,29,30)(H,27,31,32)/b3-2-,5-4-,8-6+. The molecular formula is C26H21N5OS. The van der Waals surface area contributed by atoms with Gasteiger partial charge in [0, 0.05) is 17.1 Å². The average molecular weight is 452 g/mol. The number of nitrogens with zero attached hydrogens (tertiary/aromatic N) is 3. The first-order valence-electron chi connectivity index (χ1n) is 10.9. The summed E-state index contributed by atoms with van der Waals surface area (Å²) in [5, 5.41) is 5.85. The number of anilines is 1. The molecule has 6 rings (SSSR count). The first kappa shape index (κ1) is 19.8. The maximum absolute atomic E-state index is 12.9. The van der Waals surface area contributed by atoms with Gasteiger partial charge in [0.1, 0.15) is 5.82 Å². The molecule has 0 fully saturated rings. The summed E-state index contributed by atoms with van der Waals surface area (Å²) in [5.41, 5.74) is 5.55. The van der Waals surface area contributed by atoms with Crippen molar-refractivity contribution in [2.75, 3.05) is 5.32 Å². The van der Waals surface area contributed by atoms with Crippen molar-refractivity contribution in [1.82, 2.24) is 19.9 Å². The molecule has 0 saturated carbocycles. The van der Waals surface area contributed by atoms with Crippen molar-refractivity contribution in [3.05, 3.63) is 88.6 Å². The average Bonchev–Trinajstić information content (AvgIpc) is 3.57. The predicted molar refractivity (Wildman–Crippen MR) is 132 cm³/mol. The summed E-state index contributed by atoms with van der Waals surface area (Å²) in [7, 11) is 0. The van der Waals surface area contributed by atoms with Crippen LogP contribution in [-0.4, -0.2) is 25.8 Å². The highest BCUT2D eigenvalue weighted by Gasteiger charge is 2.51. The molecule has 7 heteroatoms. The van der Waals surface area contributed by atoms with E-state index in [-0.39, 0.29) is 5.91 Å².